The molecule has 2 heterocycles. The number of nitrogens with zero attached hydrogens (tertiary/aromatic N) is 1. The summed E-state index contributed by atoms with van der Waals surface area (Å²) >= 11 is 0. The summed E-state index contributed by atoms with van der Waals surface area (Å²) in [5.41, 5.74) is -1.24. The number of ether oxygens (including phenoxy) is 2. The van der Waals surface area contributed by atoms with Gasteiger partial charge in [-0.2, -0.15) is 0 Å². The molecule has 8 nitrogen and oxygen atoms in total. The molecule has 2 aliphatic rings. The third-order valence-electron chi connectivity index (χ3n) is 3.88. The van der Waals surface area contributed by atoms with Crippen LogP contribution in [0, 0.1) is 0 Å². The van der Waals surface area contributed by atoms with Gasteiger partial charge >= 0.3 is 12.1 Å². The first-order valence-corrected chi connectivity index (χ1v) is 8.58. The zero-order valence-corrected chi connectivity index (χ0v) is 16.0. The maximum absolute atomic E-state index is 12.5. The number of β-lactam (4-membered cyclic amide) rings is 1. The summed E-state index contributed by atoms with van der Waals surface area (Å²) in [5, 5.41) is 2.55. The molecule has 0 radical (unpaired) electrons. The number of allylic oxidation sites excluding steroid dienone is 1. The van der Waals surface area contributed by atoms with Crippen molar-refractivity contribution < 1.29 is 28.7 Å². The lowest BCUT2D eigenvalue weighted by atomic mass is 9.84. The predicted molar refractivity (Wildman–Crippen MR) is 92.0 cm³/mol. The SMILES string of the molecule is CC(C)(C)OC(=O)NC1C(=O)N2C(C(=O)OC(C)(C)C)=C(C=O)CC[C@H]12. The Hall–Kier alpha value is -2.38. The Morgan fingerprint density at radius 1 is 1.12 bits per heavy atom. The van der Waals surface area contributed by atoms with E-state index in [-0.39, 0.29) is 11.3 Å². The second-order valence-electron chi connectivity index (χ2n) is 8.43. The molecule has 2 amide bonds. The minimum Gasteiger partial charge on any atom is -0.455 e. The molecule has 0 aromatic carbocycles. The molecule has 0 bridgehead atoms. The van der Waals surface area contributed by atoms with Gasteiger partial charge in [-0.05, 0) is 54.4 Å². The first kappa shape index (κ1) is 19.9. The number of carbonyl (C=O) groups is 4. The van der Waals surface area contributed by atoms with Gasteiger partial charge in [-0.3, -0.25) is 14.5 Å². The largest absolute Gasteiger partial charge is 0.455 e. The summed E-state index contributed by atoms with van der Waals surface area (Å²) in [6.45, 7) is 10.3. The van der Waals surface area contributed by atoms with E-state index < -0.39 is 41.3 Å². The zero-order chi connectivity index (χ0) is 19.9. The van der Waals surface area contributed by atoms with Crippen LogP contribution in [0.3, 0.4) is 0 Å². The fourth-order valence-electron chi connectivity index (χ4n) is 2.96. The molecular weight excluding hydrogens is 340 g/mol. The molecule has 26 heavy (non-hydrogen) atoms. The minimum absolute atomic E-state index is 0.0292. The van der Waals surface area contributed by atoms with Crippen LogP contribution in [0.2, 0.25) is 0 Å². The van der Waals surface area contributed by atoms with Crippen molar-refractivity contribution in [1.82, 2.24) is 10.2 Å². The van der Waals surface area contributed by atoms with Gasteiger partial charge < -0.3 is 14.8 Å². The molecule has 2 rings (SSSR count). The third-order valence-corrected chi connectivity index (χ3v) is 3.88. The molecule has 2 aliphatic heterocycles. The average Bonchev–Trinajstić information content (AvgIpc) is 2.47. The smallest absolute Gasteiger partial charge is 0.408 e. The molecule has 1 saturated heterocycles. The lowest BCUT2D eigenvalue weighted by Crippen LogP contribution is -2.72. The Morgan fingerprint density at radius 3 is 2.19 bits per heavy atom. The highest BCUT2D eigenvalue weighted by atomic mass is 16.6. The number of amides is 2. The zero-order valence-electron chi connectivity index (χ0n) is 16.0. The molecule has 1 N–H and O–H groups in total. The molecule has 0 aromatic heterocycles. The summed E-state index contributed by atoms with van der Waals surface area (Å²) in [5.74, 6) is -1.17. The van der Waals surface area contributed by atoms with E-state index in [2.05, 4.69) is 5.32 Å². The van der Waals surface area contributed by atoms with Gasteiger partial charge in [-0.1, -0.05) is 0 Å². The first-order valence-electron chi connectivity index (χ1n) is 8.58. The molecule has 144 valence electrons. The van der Waals surface area contributed by atoms with Crippen LogP contribution in [-0.4, -0.2) is 52.4 Å². The van der Waals surface area contributed by atoms with Crippen LogP contribution in [0.5, 0.6) is 0 Å². The van der Waals surface area contributed by atoms with Crippen LogP contribution < -0.4 is 5.32 Å². The Bertz CT molecular complexity index is 668. The maximum atomic E-state index is 12.5. The quantitative estimate of drug-likeness (QED) is 0.463. The Labute approximate surface area is 152 Å². The summed E-state index contributed by atoms with van der Waals surface area (Å²) in [6.07, 6.45) is 0.683. The van der Waals surface area contributed by atoms with Crippen molar-refractivity contribution >= 4 is 24.3 Å². The van der Waals surface area contributed by atoms with Crippen molar-refractivity contribution in [3.63, 3.8) is 0 Å². The highest BCUT2D eigenvalue weighted by molar-refractivity contribution is 6.04. The molecule has 1 fully saturated rings. The highest BCUT2D eigenvalue weighted by Gasteiger charge is 2.54. The minimum atomic E-state index is -0.782. The number of hydrogen-bond acceptors (Lipinski definition) is 6. The molecule has 0 spiro atoms. The maximum Gasteiger partial charge on any atom is 0.408 e. The Balaban J connectivity index is 2.17. The van der Waals surface area contributed by atoms with E-state index in [0.29, 0.717) is 19.1 Å². The van der Waals surface area contributed by atoms with Crippen molar-refractivity contribution in [3.8, 4) is 0 Å². The van der Waals surface area contributed by atoms with E-state index in [9.17, 15) is 19.2 Å². The Morgan fingerprint density at radius 2 is 1.69 bits per heavy atom. The number of aldehydes is 1. The first-order chi connectivity index (χ1) is 11.8. The normalized spacial score (nSPS) is 23.0. The van der Waals surface area contributed by atoms with Gasteiger partial charge in [-0.15, -0.1) is 0 Å². The van der Waals surface area contributed by atoms with Crippen molar-refractivity contribution in [3.05, 3.63) is 11.3 Å². The van der Waals surface area contributed by atoms with Gasteiger partial charge in [0.15, 0.2) is 0 Å². The van der Waals surface area contributed by atoms with Crippen molar-refractivity contribution in [1.29, 1.82) is 0 Å². The van der Waals surface area contributed by atoms with Gasteiger partial charge in [0.05, 0.1) is 6.04 Å². The third kappa shape index (κ3) is 4.23. The van der Waals surface area contributed by atoms with Gasteiger partial charge in [0.25, 0.3) is 5.91 Å². The summed E-state index contributed by atoms with van der Waals surface area (Å²) in [4.78, 5) is 49.6. The van der Waals surface area contributed by atoms with E-state index in [4.69, 9.17) is 9.47 Å². The Kier molecular flexibility index (Phi) is 5.17. The molecular formula is C18H26N2O6. The van der Waals surface area contributed by atoms with Crippen LogP contribution in [0.4, 0.5) is 4.79 Å². The molecule has 0 aromatic rings. The van der Waals surface area contributed by atoms with Gasteiger partial charge in [-0.25, -0.2) is 9.59 Å². The monoisotopic (exact) mass is 366 g/mol. The number of nitrogens with one attached hydrogen (secondary N) is 1. The predicted octanol–water partition coefficient (Wildman–Crippen LogP) is 1.68. The van der Waals surface area contributed by atoms with E-state index in [1.54, 1.807) is 41.5 Å². The fraction of sp³-hybridized carbons (Fsp3) is 0.667. The number of alkyl carbamates (subject to hydrolysis) is 1. The number of carbonyl (C=O) groups excluding carboxylic acids is 4. The van der Waals surface area contributed by atoms with Gasteiger partial charge in [0, 0.05) is 5.57 Å². The van der Waals surface area contributed by atoms with Crippen LogP contribution in [0.15, 0.2) is 11.3 Å². The molecule has 0 aliphatic carbocycles. The van der Waals surface area contributed by atoms with Crippen LogP contribution in [-0.2, 0) is 23.9 Å². The fourth-order valence-corrected chi connectivity index (χ4v) is 2.96. The van der Waals surface area contributed by atoms with Crippen LogP contribution >= 0.6 is 0 Å². The lowest BCUT2D eigenvalue weighted by Gasteiger charge is -2.50. The van der Waals surface area contributed by atoms with E-state index >= 15 is 0 Å². The van der Waals surface area contributed by atoms with Crippen molar-refractivity contribution in [2.24, 2.45) is 0 Å². The second kappa shape index (κ2) is 6.74. The topological polar surface area (TPSA) is 102 Å². The lowest BCUT2D eigenvalue weighted by molar-refractivity contribution is -0.162. The van der Waals surface area contributed by atoms with E-state index in [0.717, 1.165) is 0 Å². The number of esters is 1. The number of hydrogen-bond donors (Lipinski definition) is 1. The van der Waals surface area contributed by atoms with Crippen LogP contribution in [0.1, 0.15) is 54.4 Å². The average molecular weight is 366 g/mol. The molecule has 8 heteroatoms. The summed E-state index contributed by atoms with van der Waals surface area (Å²) < 4.78 is 10.5. The summed E-state index contributed by atoms with van der Waals surface area (Å²) in [6, 6.07) is -1.18. The molecule has 1 unspecified atom stereocenters. The summed E-state index contributed by atoms with van der Waals surface area (Å²) in [7, 11) is 0. The van der Waals surface area contributed by atoms with Gasteiger partial charge in [0.1, 0.15) is 29.2 Å². The molecule has 0 saturated carbocycles. The second-order valence-corrected chi connectivity index (χ2v) is 8.43. The van der Waals surface area contributed by atoms with E-state index in [1.807, 2.05) is 0 Å². The standard InChI is InChI=1S/C18H26N2O6/c1-17(2,3)25-15(23)13-10(9-21)7-8-11-12(14(22)20(11)13)19-16(24)26-18(4,5)6/h9,11-12H,7-8H2,1-6H3,(H,19,24)/t11-,12?/m1/s1. The van der Waals surface area contributed by atoms with Crippen molar-refractivity contribution in [2.45, 2.75) is 77.7 Å². The van der Waals surface area contributed by atoms with E-state index in [1.165, 1.54) is 4.90 Å². The highest BCUT2D eigenvalue weighted by Crippen LogP contribution is 2.37. The number of fused-ring (bicyclic) bond motifs is 1. The molecule has 2 atom stereocenters. The van der Waals surface area contributed by atoms with Gasteiger partial charge in [0.2, 0.25) is 0 Å². The van der Waals surface area contributed by atoms with Crippen LogP contribution in [0.25, 0.3) is 0 Å². The van der Waals surface area contributed by atoms with Crippen molar-refractivity contribution in [2.75, 3.05) is 0 Å². The number of rotatable bonds is 3.